The lowest BCUT2D eigenvalue weighted by Gasteiger charge is -1.95. The molecular formula is C8H10FN3. The van der Waals surface area contributed by atoms with E-state index in [0.717, 1.165) is 12.2 Å². The van der Waals surface area contributed by atoms with Gasteiger partial charge in [-0.15, -0.1) is 0 Å². The summed E-state index contributed by atoms with van der Waals surface area (Å²) < 4.78 is 12.4. The maximum absolute atomic E-state index is 12.4. The molecule has 1 heterocycles. The highest BCUT2D eigenvalue weighted by Gasteiger charge is 2.39. The highest BCUT2D eigenvalue weighted by molar-refractivity contribution is 5.10. The molecule has 2 rings (SSSR count). The van der Waals surface area contributed by atoms with E-state index in [1.165, 1.54) is 12.4 Å². The molecule has 1 aromatic heterocycles. The van der Waals surface area contributed by atoms with Gasteiger partial charge in [0.05, 0.1) is 12.4 Å². The first-order valence-corrected chi connectivity index (χ1v) is 3.98. The maximum Gasteiger partial charge on any atom is 0.159 e. The van der Waals surface area contributed by atoms with Crippen LogP contribution in [0.4, 0.5) is 4.39 Å². The fourth-order valence-electron chi connectivity index (χ4n) is 1.34. The Hall–Kier alpha value is -1.03. The third kappa shape index (κ3) is 1.30. The van der Waals surface area contributed by atoms with Gasteiger partial charge in [0.2, 0.25) is 0 Å². The van der Waals surface area contributed by atoms with Crippen LogP contribution in [0.15, 0.2) is 12.4 Å². The highest BCUT2D eigenvalue weighted by Crippen LogP contribution is 2.44. The zero-order valence-electron chi connectivity index (χ0n) is 6.57. The van der Waals surface area contributed by atoms with E-state index < -0.39 is 0 Å². The second kappa shape index (κ2) is 2.79. The topological polar surface area (TPSA) is 51.8 Å². The third-order valence-electron chi connectivity index (χ3n) is 2.20. The second-order valence-corrected chi connectivity index (χ2v) is 3.10. The van der Waals surface area contributed by atoms with Crippen molar-refractivity contribution in [3.8, 4) is 0 Å². The molecule has 2 unspecified atom stereocenters. The highest BCUT2D eigenvalue weighted by atomic mass is 19.1. The fraction of sp³-hybridized carbons (Fsp3) is 0.500. The predicted molar refractivity (Wildman–Crippen MR) is 41.9 cm³/mol. The van der Waals surface area contributed by atoms with E-state index in [9.17, 15) is 4.39 Å². The summed E-state index contributed by atoms with van der Waals surface area (Å²) in [7, 11) is 0. The molecule has 4 heteroatoms. The zero-order chi connectivity index (χ0) is 8.55. The quantitative estimate of drug-likeness (QED) is 0.704. The second-order valence-electron chi connectivity index (χ2n) is 3.10. The van der Waals surface area contributed by atoms with Gasteiger partial charge >= 0.3 is 0 Å². The number of hydrogen-bond donors (Lipinski definition) is 1. The lowest BCUT2D eigenvalue weighted by atomic mass is 10.3. The lowest BCUT2D eigenvalue weighted by molar-refractivity contribution is 0.607. The van der Waals surface area contributed by atoms with Crippen LogP contribution in [-0.4, -0.2) is 16.5 Å². The van der Waals surface area contributed by atoms with E-state index in [4.69, 9.17) is 5.73 Å². The first kappa shape index (κ1) is 7.61. The molecule has 1 fully saturated rings. The summed E-state index contributed by atoms with van der Waals surface area (Å²) in [4.78, 5) is 7.79. The Bertz CT molecular complexity index is 272. The van der Waals surface area contributed by atoms with Crippen molar-refractivity contribution < 1.29 is 4.39 Å². The molecule has 2 atom stereocenters. The lowest BCUT2D eigenvalue weighted by Crippen LogP contribution is -2.03. The minimum atomic E-state index is -0.385. The van der Waals surface area contributed by atoms with Gasteiger partial charge in [0.1, 0.15) is 5.82 Å². The molecule has 1 saturated carbocycles. The van der Waals surface area contributed by atoms with Crippen molar-refractivity contribution in [2.24, 2.45) is 11.7 Å². The standard InChI is InChI=1S/C8H10FN3/c9-6-3-11-8(12-4-6)7-1-5(7)2-10/h3-5,7H,1-2,10H2. The van der Waals surface area contributed by atoms with E-state index in [-0.39, 0.29) is 5.82 Å². The van der Waals surface area contributed by atoms with Crippen LogP contribution in [0.25, 0.3) is 0 Å². The van der Waals surface area contributed by atoms with Crippen LogP contribution < -0.4 is 5.73 Å². The van der Waals surface area contributed by atoms with Crippen LogP contribution in [0.2, 0.25) is 0 Å². The summed E-state index contributed by atoms with van der Waals surface area (Å²) in [6, 6.07) is 0. The molecule has 12 heavy (non-hydrogen) atoms. The number of halogens is 1. The minimum absolute atomic E-state index is 0.371. The smallest absolute Gasteiger partial charge is 0.159 e. The summed E-state index contributed by atoms with van der Waals surface area (Å²) >= 11 is 0. The van der Waals surface area contributed by atoms with Crippen LogP contribution in [0, 0.1) is 11.7 Å². The van der Waals surface area contributed by atoms with E-state index in [2.05, 4.69) is 9.97 Å². The van der Waals surface area contributed by atoms with Crippen LogP contribution >= 0.6 is 0 Å². The third-order valence-corrected chi connectivity index (χ3v) is 2.20. The van der Waals surface area contributed by atoms with Gasteiger partial charge in [-0.05, 0) is 18.9 Å². The Morgan fingerprint density at radius 2 is 2.17 bits per heavy atom. The van der Waals surface area contributed by atoms with E-state index in [0.29, 0.717) is 18.4 Å². The average Bonchev–Trinajstić information content (AvgIpc) is 2.85. The molecule has 0 spiro atoms. The normalized spacial score (nSPS) is 27.2. The molecule has 3 nitrogen and oxygen atoms in total. The van der Waals surface area contributed by atoms with Crippen molar-refractivity contribution in [1.29, 1.82) is 0 Å². The Kier molecular flexibility index (Phi) is 1.77. The molecule has 0 saturated heterocycles. The first-order chi connectivity index (χ1) is 5.81. The molecule has 2 N–H and O–H groups in total. The van der Waals surface area contributed by atoms with Gasteiger partial charge in [0.25, 0.3) is 0 Å². The molecule has 0 radical (unpaired) electrons. The van der Waals surface area contributed by atoms with Gasteiger partial charge in [-0.2, -0.15) is 0 Å². The van der Waals surface area contributed by atoms with Gasteiger partial charge in [0.15, 0.2) is 5.82 Å². The Labute approximate surface area is 69.8 Å². The average molecular weight is 167 g/mol. The van der Waals surface area contributed by atoms with Crippen molar-refractivity contribution in [3.05, 3.63) is 24.0 Å². The summed E-state index contributed by atoms with van der Waals surface area (Å²) in [6.07, 6.45) is 3.45. The Balaban J connectivity index is 2.10. The van der Waals surface area contributed by atoms with E-state index in [1.807, 2.05) is 0 Å². The summed E-state index contributed by atoms with van der Waals surface area (Å²) in [5, 5.41) is 0. The van der Waals surface area contributed by atoms with Crippen molar-refractivity contribution >= 4 is 0 Å². The van der Waals surface area contributed by atoms with Crippen molar-refractivity contribution in [2.45, 2.75) is 12.3 Å². The number of nitrogens with two attached hydrogens (primary N) is 1. The van der Waals surface area contributed by atoms with Gasteiger partial charge in [-0.3, -0.25) is 0 Å². The molecular weight excluding hydrogens is 157 g/mol. The molecule has 0 amide bonds. The van der Waals surface area contributed by atoms with Crippen LogP contribution in [-0.2, 0) is 0 Å². The monoisotopic (exact) mass is 167 g/mol. The molecule has 1 aromatic rings. The van der Waals surface area contributed by atoms with Crippen LogP contribution in [0.3, 0.4) is 0 Å². The van der Waals surface area contributed by atoms with Gasteiger partial charge < -0.3 is 5.73 Å². The molecule has 1 aliphatic rings. The SMILES string of the molecule is NCC1CC1c1ncc(F)cn1. The van der Waals surface area contributed by atoms with Crippen LogP contribution in [0.1, 0.15) is 18.2 Å². The Morgan fingerprint density at radius 1 is 1.50 bits per heavy atom. The van der Waals surface area contributed by atoms with E-state index in [1.54, 1.807) is 0 Å². The molecule has 0 aromatic carbocycles. The van der Waals surface area contributed by atoms with Gasteiger partial charge in [0, 0.05) is 5.92 Å². The molecule has 1 aliphatic carbocycles. The molecule has 64 valence electrons. The summed E-state index contributed by atoms with van der Waals surface area (Å²) in [6.45, 7) is 0.672. The van der Waals surface area contributed by atoms with E-state index >= 15 is 0 Å². The largest absolute Gasteiger partial charge is 0.330 e. The number of nitrogens with zero attached hydrogens (tertiary/aromatic N) is 2. The zero-order valence-corrected chi connectivity index (χ0v) is 6.57. The maximum atomic E-state index is 12.4. The summed E-state index contributed by atoms with van der Waals surface area (Å²) in [5.74, 6) is 1.22. The first-order valence-electron chi connectivity index (χ1n) is 3.98. The summed E-state index contributed by atoms with van der Waals surface area (Å²) in [5.41, 5.74) is 5.46. The Morgan fingerprint density at radius 3 is 2.67 bits per heavy atom. The minimum Gasteiger partial charge on any atom is -0.330 e. The van der Waals surface area contributed by atoms with Crippen molar-refractivity contribution in [1.82, 2.24) is 9.97 Å². The molecule has 0 bridgehead atoms. The van der Waals surface area contributed by atoms with Crippen LogP contribution in [0.5, 0.6) is 0 Å². The fourth-order valence-corrected chi connectivity index (χ4v) is 1.34. The number of aromatic nitrogens is 2. The van der Waals surface area contributed by atoms with Gasteiger partial charge in [-0.25, -0.2) is 14.4 Å². The van der Waals surface area contributed by atoms with Gasteiger partial charge in [-0.1, -0.05) is 0 Å². The molecule has 0 aliphatic heterocycles. The number of rotatable bonds is 2. The number of hydrogen-bond acceptors (Lipinski definition) is 3. The van der Waals surface area contributed by atoms with Crippen molar-refractivity contribution in [3.63, 3.8) is 0 Å². The van der Waals surface area contributed by atoms with Crippen molar-refractivity contribution in [2.75, 3.05) is 6.54 Å². The predicted octanol–water partition coefficient (Wildman–Crippen LogP) is 0.678.